The van der Waals surface area contributed by atoms with Crippen LogP contribution in [0.4, 0.5) is 0 Å². The van der Waals surface area contributed by atoms with Crippen molar-refractivity contribution in [2.24, 2.45) is 23.7 Å². The second-order valence-corrected chi connectivity index (χ2v) is 6.07. The molecule has 3 heteroatoms. The van der Waals surface area contributed by atoms with Gasteiger partial charge in [0.15, 0.2) is 0 Å². The first-order chi connectivity index (χ1) is 8.50. The Morgan fingerprint density at radius 2 is 2.22 bits per heavy atom. The highest BCUT2D eigenvalue weighted by Crippen LogP contribution is 2.51. The SMILES string of the molecule is C=C1C(=O)O[C@@H]2[C@@H]1CC(C)C1[C@H]2C(C)=CC[C@@H]1O. The average Bonchev–Trinajstić information content (AvgIpc) is 2.60. The highest BCUT2D eigenvalue weighted by molar-refractivity contribution is 5.91. The lowest BCUT2D eigenvalue weighted by atomic mass is 9.60. The first-order valence-corrected chi connectivity index (χ1v) is 6.75. The van der Waals surface area contributed by atoms with Crippen molar-refractivity contribution in [3.63, 3.8) is 0 Å². The fourth-order valence-electron chi connectivity index (χ4n) is 4.14. The molecule has 1 saturated heterocycles. The number of aliphatic hydroxyl groups is 1. The van der Waals surface area contributed by atoms with Crippen LogP contribution in [0.2, 0.25) is 0 Å². The minimum Gasteiger partial charge on any atom is -0.458 e. The van der Waals surface area contributed by atoms with Gasteiger partial charge in [-0.3, -0.25) is 0 Å². The Balaban J connectivity index is 2.01. The third kappa shape index (κ3) is 1.50. The molecule has 2 aliphatic carbocycles. The average molecular weight is 248 g/mol. The molecule has 0 aromatic rings. The first-order valence-electron chi connectivity index (χ1n) is 6.75. The van der Waals surface area contributed by atoms with Gasteiger partial charge >= 0.3 is 5.97 Å². The molecule has 98 valence electrons. The number of carbonyl (C=O) groups is 1. The van der Waals surface area contributed by atoms with Crippen molar-refractivity contribution in [3.8, 4) is 0 Å². The van der Waals surface area contributed by atoms with Crippen molar-refractivity contribution in [2.45, 2.75) is 38.9 Å². The maximum atomic E-state index is 11.7. The van der Waals surface area contributed by atoms with E-state index in [2.05, 4.69) is 26.5 Å². The third-order valence-electron chi connectivity index (χ3n) is 5.05. The molecule has 1 heterocycles. The summed E-state index contributed by atoms with van der Waals surface area (Å²) in [6, 6.07) is 0. The normalized spacial score (nSPS) is 47.2. The Morgan fingerprint density at radius 1 is 1.50 bits per heavy atom. The topological polar surface area (TPSA) is 46.5 Å². The van der Waals surface area contributed by atoms with Gasteiger partial charge in [-0.2, -0.15) is 0 Å². The van der Waals surface area contributed by atoms with Gasteiger partial charge in [-0.1, -0.05) is 25.2 Å². The summed E-state index contributed by atoms with van der Waals surface area (Å²) in [5.41, 5.74) is 1.88. The van der Waals surface area contributed by atoms with E-state index < -0.39 is 0 Å². The molecule has 1 N–H and O–H groups in total. The summed E-state index contributed by atoms with van der Waals surface area (Å²) in [7, 11) is 0. The van der Waals surface area contributed by atoms with E-state index in [9.17, 15) is 9.90 Å². The summed E-state index contributed by atoms with van der Waals surface area (Å²) < 4.78 is 5.52. The lowest BCUT2D eigenvalue weighted by molar-refractivity contribution is -0.145. The largest absolute Gasteiger partial charge is 0.458 e. The number of ether oxygens (including phenoxy) is 1. The van der Waals surface area contributed by atoms with Crippen molar-refractivity contribution in [3.05, 3.63) is 23.8 Å². The summed E-state index contributed by atoms with van der Waals surface area (Å²) in [6.45, 7) is 8.14. The summed E-state index contributed by atoms with van der Waals surface area (Å²) in [5.74, 6) is 0.690. The van der Waals surface area contributed by atoms with Crippen molar-refractivity contribution in [2.75, 3.05) is 0 Å². The predicted octanol–water partition coefficient (Wildman–Crippen LogP) is 2.07. The van der Waals surface area contributed by atoms with E-state index in [1.807, 2.05) is 0 Å². The Hall–Kier alpha value is -1.09. The molecule has 1 aliphatic heterocycles. The van der Waals surface area contributed by atoms with Crippen LogP contribution in [0.25, 0.3) is 0 Å². The van der Waals surface area contributed by atoms with Gasteiger partial charge in [0.1, 0.15) is 6.10 Å². The Labute approximate surface area is 108 Å². The van der Waals surface area contributed by atoms with Crippen LogP contribution in [-0.2, 0) is 9.53 Å². The van der Waals surface area contributed by atoms with Crippen LogP contribution < -0.4 is 0 Å². The van der Waals surface area contributed by atoms with Crippen LogP contribution in [0.5, 0.6) is 0 Å². The van der Waals surface area contributed by atoms with E-state index >= 15 is 0 Å². The number of fused-ring (bicyclic) bond motifs is 3. The molecule has 2 fully saturated rings. The Morgan fingerprint density at radius 3 is 2.94 bits per heavy atom. The number of hydrogen-bond acceptors (Lipinski definition) is 3. The predicted molar refractivity (Wildman–Crippen MR) is 67.7 cm³/mol. The van der Waals surface area contributed by atoms with Crippen LogP contribution >= 0.6 is 0 Å². The third-order valence-corrected chi connectivity index (χ3v) is 5.05. The summed E-state index contributed by atoms with van der Waals surface area (Å²) in [6.07, 6.45) is 3.32. The van der Waals surface area contributed by atoms with Crippen LogP contribution in [0, 0.1) is 23.7 Å². The smallest absolute Gasteiger partial charge is 0.334 e. The number of hydrogen-bond donors (Lipinski definition) is 1. The second kappa shape index (κ2) is 3.95. The van der Waals surface area contributed by atoms with Gasteiger partial charge in [0.2, 0.25) is 0 Å². The van der Waals surface area contributed by atoms with Gasteiger partial charge in [0, 0.05) is 17.4 Å². The summed E-state index contributed by atoms with van der Waals surface area (Å²) in [4.78, 5) is 11.7. The van der Waals surface area contributed by atoms with Crippen molar-refractivity contribution in [1.29, 1.82) is 0 Å². The van der Waals surface area contributed by atoms with Gasteiger partial charge in [-0.15, -0.1) is 0 Å². The van der Waals surface area contributed by atoms with Gasteiger partial charge in [0.05, 0.1) is 6.10 Å². The van der Waals surface area contributed by atoms with E-state index in [4.69, 9.17) is 4.74 Å². The molecule has 0 spiro atoms. The minimum absolute atomic E-state index is 0.0996. The standard InChI is InChI=1S/C15H20O3/c1-7-4-5-11(16)12-8(2)6-10-9(3)15(17)18-14(10)13(7)12/h4,8,10-14,16H,3,5-6H2,1-2H3/t8?,10-,11+,12?,13-,14-/m1/s1. The van der Waals surface area contributed by atoms with Crippen molar-refractivity contribution in [1.82, 2.24) is 0 Å². The van der Waals surface area contributed by atoms with Crippen molar-refractivity contribution < 1.29 is 14.6 Å². The zero-order valence-electron chi connectivity index (χ0n) is 10.9. The van der Waals surface area contributed by atoms with Crippen LogP contribution in [-0.4, -0.2) is 23.3 Å². The van der Waals surface area contributed by atoms with E-state index in [-0.39, 0.29) is 35.9 Å². The lowest BCUT2D eigenvalue weighted by Crippen LogP contribution is -2.48. The van der Waals surface area contributed by atoms with Crippen LogP contribution in [0.15, 0.2) is 23.8 Å². The van der Waals surface area contributed by atoms with E-state index in [0.717, 1.165) is 12.8 Å². The lowest BCUT2D eigenvalue weighted by Gasteiger charge is -2.47. The monoisotopic (exact) mass is 248 g/mol. The quantitative estimate of drug-likeness (QED) is 0.405. The van der Waals surface area contributed by atoms with Gasteiger partial charge < -0.3 is 9.84 Å². The molecule has 6 atom stereocenters. The van der Waals surface area contributed by atoms with E-state index in [1.54, 1.807) is 0 Å². The van der Waals surface area contributed by atoms with Crippen molar-refractivity contribution >= 4 is 5.97 Å². The molecule has 0 aromatic carbocycles. The summed E-state index contributed by atoms with van der Waals surface area (Å²) >= 11 is 0. The highest BCUT2D eigenvalue weighted by Gasteiger charge is 2.54. The Bertz CT molecular complexity index is 437. The van der Waals surface area contributed by atoms with Gasteiger partial charge in [0.25, 0.3) is 0 Å². The Kier molecular flexibility index (Phi) is 2.63. The zero-order chi connectivity index (χ0) is 13.0. The fraction of sp³-hybridized carbons (Fsp3) is 0.667. The zero-order valence-corrected chi connectivity index (χ0v) is 10.9. The molecule has 3 nitrogen and oxygen atoms in total. The maximum absolute atomic E-state index is 11.7. The van der Waals surface area contributed by atoms with Gasteiger partial charge in [-0.25, -0.2) is 4.79 Å². The molecule has 3 aliphatic rings. The maximum Gasteiger partial charge on any atom is 0.334 e. The number of rotatable bonds is 0. The molecular weight excluding hydrogens is 228 g/mol. The molecule has 2 unspecified atom stereocenters. The second-order valence-electron chi connectivity index (χ2n) is 6.07. The molecule has 0 aromatic heterocycles. The number of carbonyl (C=O) groups excluding carboxylic acids is 1. The fourth-order valence-corrected chi connectivity index (χ4v) is 4.14. The van der Waals surface area contributed by atoms with E-state index in [1.165, 1.54) is 5.57 Å². The number of aliphatic hydroxyl groups excluding tert-OH is 1. The molecule has 1 saturated carbocycles. The summed E-state index contributed by atoms with van der Waals surface area (Å²) in [5, 5.41) is 10.2. The van der Waals surface area contributed by atoms with Crippen LogP contribution in [0.1, 0.15) is 26.7 Å². The molecule has 0 radical (unpaired) electrons. The van der Waals surface area contributed by atoms with Crippen LogP contribution in [0.3, 0.4) is 0 Å². The highest BCUT2D eigenvalue weighted by atomic mass is 16.6. The van der Waals surface area contributed by atoms with E-state index in [0.29, 0.717) is 11.5 Å². The molecular formula is C15H20O3. The molecule has 3 rings (SSSR count). The first kappa shape index (κ1) is 12.0. The minimum atomic E-state index is -0.304. The molecule has 18 heavy (non-hydrogen) atoms. The molecule has 0 bridgehead atoms. The van der Waals surface area contributed by atoms with Gasteiger partial charge in [-0.05, 0) is 31.6 Å². The molecule has 0 amide bonds. The number of esters is 1.